The summed E-state index contributed by atoms with van der Waals surface area (Å²) < 4.78 is 3.30. The number of carbonyl (C=O) groups is 1. The normalized spacial score (nSPS) is 14.5. The Hall–Kier alpha value is -1.55. The van der Waals surface area contributed by atoms with Gasteiger partial charge in [0.2, 0.25) is 0 Å². The quantitative estimate of drug-likeness (QED) is 0.834. The summed E-state index contributed by atoms with van der Waals surface area (Å²) in [4.78, 5) is 12.4. The molecule has 3 nitrogen and oxygen atoms in total. The molecule has 3 rings (SSSR count). The largest absolute Gasteiger partial charge is 0.350 e. The molecule has 0 radical (unpaired) electrons. The first-order valence-corrected chi connectivity index (χ1v) is 8.01. The molecule has 0 bridgehead atoms. The first-order chi connectivity index (χ1) is 9.65. The summed E-state index contributed by atoms with van der Waals surface area (Å²) in [5, 5.41) is 5.14. The van der Waals surface area contributed by atoms with E-state index in [0.29, 0.717) is 5.92 Å². The van der Waals surface area contributed by atoms with Crippen LogP contribution in [0.15, 0.2) is 29.2 Å². The van der Waals surface area contributed by atoms with E-state index < -0.39 is 0 Å². The molecule has 20 heavy (non-hydrogen) atoms. The lowest BCUT2D eigenvalue weighted by Gasteiger charge is -2.09. The summed E-state index contributed by atoms with van der Waals surface area (Å²) in [6.45, 7) is 5.75. The van der Waals surface area contributed by atoms with Crippen LogP contribution >= 0.6 is 11.3 Å². The van der Waals surface area contributed by atoms with Crippen molar-refractivity contribution in [2.75, 3.05) is 6.54 Å². The minimum atomic E-state index is 0.0578. The van der Waals surface area contributed by atoms with Crippen LogP contribution in [0, 0.1) is 5.92 Å². The number of rotatable bonds is 5. The van der Waals surface area contributed by atoms with E-state index in [4.69, 9.17) is 0 Å². The molecule has 1 amide bonds. The predicted molar refractivity (Wildman–Crippen MR) is 84.3 cm³/mol. The Bertz CT molecular complexity index is 657. The second-order valence-electron chi connectivity index (χ2n) is 5.75. The van der Waals surface area contributed by atoms with Crippen LogP contribution in [0.1, 0.15) is 37.2 Å². The van der Waals surface area contributed by atoms with Gasteiger partial charge in [-0.05, 0) is 50.1 Å². The molecule has 2 aromatic rings. The van der Waals surface area contributed by atoms with Crippen molar-refractivity contribution in [1.29, 1.82) is 0 Å². The standard InChI is InChI=1S/C16H20N2OS/c1-11(2)5-7-18-13-6-8-20-15(13)9-14(18)16(19)17-10-12-3-4-12/h5-6,8-9,12H,3-4,7,10H2,1-2H3,(H,17,19). The maximum atomic E-state index is 12.4. The van der Waals surface area contributed by atoms with Crippen molar-refractivity contribution < 1.29 is 4.79 Å². The Labute approximate surface area is 123 Å². The zero-order chi connectivity index (χ0) is 14.1. The Kier molecular flexibility index (Phi) is 3.66. The monoisotopic (exact) mass is 288 g/mol. The molecule has 1 aliphatic carbocycles. The number of thiophene rings is 1. The molecular formula is C16H20N2OS. The van der Waals surface area contributed by atoms with Crippen molar-refractivity contribution in [3.8, 4) is 0 Å². The summed E-state index contributed by atoms with van der Waals surface area (Å²) in [5.74, 6) is 0.767. The van der Waals surface area contributed by atoms with Crippen LogP contribution < -0.4 is 5.32 Å². The van der Waals surface area contributed by atoms with Crippen LogP contribution in [0.4, 0.5) is 0 Å². The molecule has 0 saturated heterocycles. The van der Waals surface area contributed by atoms with E-state index in [0.717, 1.165) is 24.3 Å². The van der Waals surface area contributed by atoms with E-state index in [-0.39, 0.29) is 5.91 Å². The molecule has 0 spiro atoms. The summed E-state index contributed by atoms with van der Waals surface area (Å²) in [7, 11) is 0. The molecule has 0 aliphatic heterocycles. The van der Waals surface area contributed by atoms with Crippen LogP contribution in [-0.4, -0.2) is 17.0 Å². The van der Waals surface area contributed by atoms with E-state index in [9.17, 15) is 4.79 Å². The van der Waals surface area contributed by atoms with E-state index >= 15 is 0 Å². The lowest BCUT2D eigenvalue weighted by Crippen LogP contribution is -2.27. The fourth-order valence-electron chi connectivity index (χ4n) is 2.29. The number of carbonyl (C=O) groups excluding carboxylic acids is 1. The van der Waals surface area contributed by atoms with Gasteiger partial charge in [-0.25, -0.2) is 0 Å². The molecule has 106 valence electrons. The zero-order valence-electron chi connectivity index (χ0n) is 12.0. The van der Waals surface area contributed by atoms with E-state index in [1.54, 1.807) is 11.3 Å². The molecule has 1 N–H and O–H groups in total. The van der Waals surface area contributed by atoms with Crippen molar-refractivity contribution in [1.82, 2.24) is 9.88 Å². The second kappa shape index (κ2) is 5.44. The lowest BCUT2D eigenvalue weighted by molar-refractivity contribution is 0.0943. The molecule has 1 aliphatic rings. The van der Waals surface area contributed by atoms with Gasteiger partial charge in [-0.2, -0.15) is 0 Å². The fraction of sp³-hybridized carbons (Fsp3) is 0.438. The molecule has 0 unspecified atom stereocenters. The second-order valence-corrected chi connectivity index (χ2v) is 6.69. The number of fused-ring (bicyclic) bond motifs is 1. The van der Waals surface area contributed by atoms with Gasteiger partial charge in [0.1, 0.15) is 5.69 Å². The molecule has 0 aromatic carbocycles. The highest BCUT2D eigenvalue weighted by atomic mass is 32.1. The topological polar surface area (TPSA) is 34.0 Å². The molecule has 2 heterocycles. The zero-order valence-corrected chi connectivity index (χ0v) is 12.8. The van der Waals surface area contributed by atoms with E-state index in [2.05, 4.69) is 41.3 Å². The highest BCUT2D eigenvalue weighted by Crippen LogP contribution is 2.28. The van der Waals surface area contributed by atoms with Crippen molar-refractivity contribution in [3.05, 3.63) is 34.9 Å². The van der Waals surface area contributed by atoms with Gasteiger partial charge in [0.05, 0.1) is 10.2 Å². The van der Waals surface area contributed by atoms with Gasteiger partial charge in [-0.3, -0.25) is 4.79 Å². The van der Waals surface area contributed by atoms with Gasteiger partial charge in [0, 0.05) is 13.1 Å². The van der Waals surface area contributed by atoms with Crippen molar-refractivity contribution in [3.63, 3.8) is 0 Å². The van der Waals surface area contributed by atoms with Crippen LogP contribution in [0.5, 0.6) is 0 Å². The number of amides is 1. The Morgan fingerprint density at radius 1 is 1.50 bits per heavy atom. The summed E-state index contributed by atoms with van der Waals surface area (Å²) in [6, 6.07) is 4.11. The number of nitrogens with one attached hydrogen (secondary N) is 1. The third-order valence-electron chi connectivity index (χ3n) is 3.69. The smallest absolute Gasteiger partial charge is 0.267 e. The highest BCUT2D eigenvalue weighted by Gasteiger charge is 2.23. The van der Waals surface area contributed by atoms with E-state index in [1.165, 1.54) is 23.1 Å². The van der Waals surface area contributed by atoms with Crippen molar-refractivity contribution in [2.45, 2.75) is 33.2 Å². The Morgan fingerprint density at radius 3 is 3.00 bits per heavy atom. The molecule has 2 aromatic heterocycles. The Balaban J connectivity index is 1.87. The van der Waals surface area contributed by atoms with Crippen molar-refractivity contribution >= 4 is 27.5 Å². The third kappa shape index (κ3) is 2.80. The first kappa shape index (κ1) is 13.4. The maximum absolute atomic E-state index is 12.4. The average molecular weight is 288 g/mol. The fourth-order valence-corrected chi connectivity index (χ4v) is 3.11. The van der Waals surface area contributed by atoms with Gasteiger partial charge >= 0.3 is 0 Å². The highest BCUT2D eigenvalue weighted by molar-refractivity contribution is 7.17. The SMILES string of the molecule is CC(C)=CCn1c(C(=O)NCC2CC2)cc2sccc21. The van der Waals surface area contributed by atoms with E-state index in [1.807, 2.05) is 6.07 Å². The third-order valence-corrected chi connectivity index (χ3v) is 4.54. The molecule has 0 atom stereocenters. The summed E-state index contributed by atoms with van der Waals surface area (Å²) in [5.41, 5.74) is 3.21. The van der Waals surface area contributed by atoms with Gasteiger partial charge in [0.25, 0.3) is 5.91 Å². The van der Waals surface area contributed by atoms with Gasteiger partial charge in [-0.15, -0.1) is 11.3 Å². The van der Waals surface area contributed by atoms with Crippen LogP contribution in [-0.2, 0) is 6.54 Å². The number of aromatic nitrogens is 1. The van der Waals surface area contributed by atoms with Gasteiger partial charge in [0.15, 0.2) is 0 Å². The summed E-state index contributed by atoms with van der Waals surface area (Å²) >= 11 is 1.69. The average Bonchev–Trinajstić information content (AvgIpc) is 3.01. The minimum Gasteiger partial charge on any atom is -0.350 e. The first-order valence-electron chi connectivity index (χ1n) is 7.13. The minimum absolute atomic E-state index is 0.0578. The molecule has 4 heteroatoms. The number of hydrogen-bond acceptors (Lipinski definition) is 2. The lowest BCUT2D eigenvalue weighted by atomic mass is 10.3. The number of hydrogen-bond donors (Lipinski definition) is 1. The van der Waals surface area contributed by atoms with Crippen LogP contribution in [0.2, 0.25) is 0 Å². The number of nitrogens with zero attached hydrogens (tertiary/aromatic N) is 1. The maximum Gasteiger partial charge on any atom is 0.267 e. The summed E-state index contributed by atoms with van der Waals surface area (Å²) in [6.07, 6.45) is 4.68. The number of allylic oxidation sites excluding steroid dienone is 2. The van der Waals surface area contributed by atoms with Gasteiger partial charge < -0.3 is 9.88 Å². The molecule has 1 fully saturated rings. The Morgan fingerprint density at radius 2 is 2.30 bits per heavy atom. The predicted octanol–water partition coefficient (Wildman–Crippen LogP) is 3.81. The van der Waals surface area contributed by atoms with Crippen LogP contribution in [0.25, 0.3) is 10.2 Å². The van der Waals surface area contributed by atoms with Crippen molar-refractivity contribution in [2.24, 2.45) is 5.92 Å². The van der Waals surface area contributed by atoms with Crippen LogP contribution in [0.3, 0.4) is 0 Å². The van der Waals surface area contributed by atoms with Gasteiger partial charge in [-0.1, -0.05) is 11.6 Å². The molecular weight excluding hydrogens is 268 g/mol. The molecule has 1 saturated carbocycles.